The molecule has 140 valence electrons. The molecule has 1 rings (SSSR count). The molecule has 0 heterocycles. The highest BCUT2D eigenvalue weighted by molar-refractivity contribution is 5.94. The molecule has 7 heteroatoms. The second-order valence-electron chi connectivity index (χ2n) is 5.51. The van der Waals surface area contributed by atoms with Gasteiger partial charge in [-0.1, -0.05) is 32.9 Å². The van der Waals surface area contributed by atoms with Gasteiger partial charge >= 0.3 is 0 Å². The van der Waals surface area contributed by atoms with E-state index in [2.05, 4.69) is 24.1 Å². The van der Waals surface area contributed by atoms with E-state index < -0.39 is 0 Å². The molecule has 0 aromatic heterocycles. The van der Waals surface area contributed by atoms with Crippen LogP contribution in [-0.2, 0) is 4.79 Å². The molecule has 0 spiro atoms. The van der Waals surface area contributed by atoms with Crippen molar-refractivity contribution in [3.05, 3.63) is 24.3 Å². The number of halogens is 2. The number of likely N-dealkylation sites (N-methyl/N-ethyl adjacent to an activating group) is 1. The van der Waals surface area contributed by atoms with E-state index in [0.29, 0.717) is 18.0 Å². The van der Waals surface area contributed by atoms with Crippen molar-refractivity contribution in [2.75, 3.05) is 31.6 Å². The Morgan fingerprint density at radius 1 is 1.21 bits per heavy atom. The number of nitrogens with two attached hydrogens (primary N) is 1. The van der Waals surface area contributed by atoms with Crippen molar-refractivity contribution in [3.63, 3.8) is 0 Å². The summed E-state index contributed by atoms with van der Waals surface area (Å²) in [4.78, 5) is 14.4. The van der Waals surface area contributed by atoms with Crippen molar-refractivity contribution in [2.24, 2.45) is 11.7 Å². The van der Waals surface area contributed by atoms with Crippen LogP contribution in [0.2, 0.25) is 0 Å². The summed E-state index contributed by atoms with van der Waals surface area (Å²) >= 11 is 0. The third kappa shape index (κ3) is 8.20. The number of hydrogen-bond donors (Lipinski definition) is 2. The lowest BCUT2D eigenvalue weighted by Crippen LogP contribution is -2.34. The van der Waals surface area contributed by atoms with Gasteiger partial charge in [-0.05, 0) is 32.1 Å². The standard InChI is InChI=1S/C17H29N3O2.2ClH/c1-5-20(6-2)11-12-22-16-10-8-7-9-15(16)19-17(21)13(3)14(4)18;;/h7-10,13-14H,5-6,11-12,18H2,1-4H3,(H,19,21);2*1H. The van der Waals surface area contributed by atoms with Crippen LogP contribution >= 0.6 is 24.8 Å². The van der Waals surface area contributed by atoms with E-state index in [1.807, 2.05) is 38.1 Å². The van der Waals surface area contributed by atoms with Crippen LogP contribution in [0.4, 0.5) is 5.69 Å². The van der Waals surface area contributed by atoms with E-state index in [-0.39, 0.29) is 42.7 Å². The maximum absolute atomic E-state index is 12.1. The summed E-state index contributed by atoms with van der Waals surface area (Å²) in [5, 5.41) is 2.90. The fraction of sp³-hybridized carbons (Fsp3) is 0.588. The fourth-order valence-electron chi connectivity index (χ4n) is 2.01. The van der Waals surface area contributed by atoms with Crippen molar-refractivity contribution in [3.8, 4) is 5.75 Å². The van der Waals surface area contributed by atoms with Crippen LogP contribution in [0, 0.1) is 5.92 Å². The molecule has 1 aromatic carbocycles. The van der Waals surface area contributed by atoms with Crippen molar-refractivity contribution in [1.29, 1.82) is 0 Å². The van der Waals surface area contributed by atoms with Crippen LogP contribution in [0.5, 0.6) is 5.75 Å². The summed E-state index contributed by atoms with van der Waals surface area (Å²) in [6.45, 7) is 11.4. The average Bonchev–Trinajstić information content (AvgIpc) is 2.52. The number of para-hydroxylation sites is 2. The van der Waals surface area contributed by atoms with Crippen molar-refractivity contribution in [1.82, 2.24) is 4.90 Å². The Morgan fingerprint density at radius 3 is 2.33 bits per heavy atom. The molecule has 0 aliphatic heterocycles. The predicted octanol–water partition coefficient (Wildman–Crippen LogP) is 3.17. The van der Waals surface area contributed by atoms with E-state index in [0.717, 1.165) is 19.6 Å². The van der Waals surface area contributed by atoms with E-state index in [9.17, 15) is 4.79 Å². The second-order valence-corrected chi connectivity index (χ2v) is 5.51. The number of rotatable bonds is 9. The normalized spacial score (nSPS) is 12.6. The van der Waals surface area contributed by atoms with Gasteiger partial charge in [0.15, 0.2) is 0 Å². The summed E-state index contributed by atoms with van der Waals surface area (Å²) in [5.74, 6) is 0.360. The number of benzene rings is 1. The molecule has 1 aromatic rings. The van der Waals surface area contributed by atoms with Gasteiger partial charge in [0.1, 0.15) is 12.4 Å². The number of nitrogens with zero attached hydrogens (tertiary/aromatic N) is 1. The Kier molecular flexibility index (Phi) is 14.0. The average molecular weight is 380 g/mol. The molecule has 0 radical (unpaired) electrons. The quantitative estimate of drug-likeness (QED) is 0.691. The fourth-order valence-corrected chi connectivity index (χ4v) is 2.01. The molecule has 0 aliphatic carbocycles. The Bertz CT molecular complexity index is 469. The maximum Gasteiger partial charge on any atom is 0.228 e. The summed E-state index contributed by atoms with van der Waals surface area (Å²) in [6.07, 6.45) is 0. The van der Waals surface area contributed by atoms with Crippen LogP contribution < -0.4 is 15.8 Å². The van der Waals surface area contributed by atoms with Gasteiger partial charge in [-0.15, -0.1) is 24.8 Å². The summed E-state index contributed by atoms with van der Waals surface area (Å²) < 4.78 is 5.82. The molecule has 24 heavy (non-hydrogen) atoms. The van der Waals surface area contributed by atoms with Crippen molar-refractivity contribution < 1.29 is 9.53 Å². The van der Waals surface area contributed by atoms with E-state index >= 15 is 0 Å². The molecule has 0 fully saturated rings. The van der Waals surface area contributed by atoms with Crippen molar-refractivity contribution >= 4 is 36.4 Å². The first kappa shape index (κ1) is 25.2. The van der Waals surface area contributed by atoms with Gasteiger partial charge in [0.2, 0.25) is 5.91 Å². The topological polar surface area (TPSA) is 67.6 Å². The molecule has 3 N–H and O–H groups in total. The molecule has 0 aliphatic rings. The van der Waals surface area contributed by atoms with Crippen LogP contribution in [0.25, 0.3) is 0 Å². The SMILES string of the molecule is CCN(CC)CCOc1ccccc1NC(=O)C(C)C(C)N.Cl.Cl. The first-order chi connectivity index (χ1) is 10.5. The highest BCUT2D eigenvalue weighted by Crippen LogP contribution is 2.24. The van der Waals surface area contributed by atoms with Crippen LogP contribution in [0.15, 0.2) is 24.3 Å². The van der Waals surface area contributed by atoms with E-state index in [4.69, 9.17) is 10.5 Å². The summed E-state index contributed by atoms with van der Waals surface area (Å²) in [5.41, 5.74) is 6.47. The number of ether oxygens (including phenoxy) is 1. The predicted molar refractivity (Wildman–Crippen MR) is 106 cm³/mol. The Hall–Kier alpha value is -1.01. The van der Waals surface area contributed by atoms with Crippen LogP contribution in [0.1, 0.15) is 27.7 Å². The highest BCUT2D eigenvalue weighted by atomic mass is 35.5. The zero-order valence-electron chi connectivity index (χ0n) is 15.0. The number of anilines is 1. The van der Waals surface area contributed by atoms with Gasteiger partial charge in [0, 0.05) is 12.6 Å². The number of amides is 1. The van der Waals surface area contributed by atoms with Gasteiger partial charge < -0.3 is 20.7 Å². The largest absolute Gasteiger partial charge is 0.490 e. The maximum atomic E-state index is 12.1. The van der Waals surface area contributed by atoms with Crippen molar-refractivity contribution in [2.45, 2.75) is 33.7 Å². The minimum absolute atomic E-state index is 0. The Balaban J connectivity index is 0. The smallest absolute Gasteiger partial charge is 0.228 e. The monoisotopic (exact) mass is 379 g/mol. The Morgan fingerprint density at radius 2 is 1.79 bits per heavy atom. The third-order valence-electron chi connectivity index (χ3n) is 3.91. The third-order valence-corrected chi connectivity index (χ3v) is 3.91. The van der Waals surface area contributed by atoms with Crippen LogP contribution in [-0.4, -0.2) is 43.1 Å². The Labute approximate surface area is 158 Å². The first-order valence-corrected chi connectivity index (χ1v) is 8.00. The second kappa shape index (κ2) is 13.3. The minimum atomic E-state index is -0.247. The van der Waals surface area contributed by atoms with Gasteiger partial charge in [-0.2, -0.15) is 0 Å². The molecular formula is C17H31Cl2N3O2. The minimum Gasteiger partial charge on any atom is -0.490 e. The molecular weight excluding hydrogens is 349 g/mol. The molecule has 2 unspecified atom stereocenters. The van der Waals surface area contributed by atoms with E-state index in [1.54, 1.807) is 0 Å². The summed E-state index contributed by atoms with van der Waals surface area (Å²) in [6, 6.07) is 7.31. The first-order valence-electron chi connectivity index (χ1n) is 8.00. The molecule has 1 amide bonds. The lowest BCUT2D eigenvalue weighted by atomic mass is 10.0. The highest BCUT2D eigenvalue weighted by Gasteiger charge is 2.18. The molecule has 0 bridgehead atoms. The van der Waals surface area contributed by atoms with Gasteiger partial charge in [0.25, 0.3) is 0 Å². The molecule has 2 atom stereocenters. The van der Waals surface area contributed by atoms with Gasteiger partial charge in [-0.3, -0.25) is 4.79 Å². The molecule has 0 saturated carbocycles. The summed E-state index contributed by atoms with van der Waals surface area (Å²) in [7, 11) is 0. The zero-order valence-corrected chi connectivity index (χ0v) is 16.6. The number of carbonyl (C=O) groups excluding carboxylic acids is 1. The zero-order chi connectivity index (χ0) is 16.5. The lowest BCUT2D eigenvalue weighted by molar-refractivity contribution is -0.119. The van der Waals surface area contributed by atoms with E-state index in [1.165, 1.54) is 0 Å². The van der Waals surface area contributed by atoms with Gasteiger partial charge in [0.05, 0.1) is 11.6 Å². The number of hydrogen-bond acceptors (Lipinski definition) is 4. The van der Waals surface area contributed by atoms with Crippen LogP contribution in [0.3, 0.4) is 0 Å². The lowest BCUT2D eigenvalue weighted by Gasteiger charge is -2.20. The molecule has 0 saturated heterocycles. The number of carbonyl (C=O) groups is 1. The van der Waals surface area contributed by atoms with Gasteiger partial charge in [-0.25, -0.2) is 0 Å². The molecule has 5 nitrogen and oxygen atoms in total. The number of nitrogens with one attached hydrogen (secondary N) is 1.